The number of thiazole rings is 1. The number of hydrogen-bond acceptors (Lipinski definition) is 7. The van der Waals surface area contributed by atoms with E-state index in [0.29, 0.717) is 20.7 Å². The summed E-state index contributed by atoms with van der Waals surface area (Å²) in [5.74, 6) is -0.399. The van der Waals surface area contributed by atoms with Crippen molar-refractivity contribution in [3.05, 3.63) is 34.3 Å². The zero-order chi connectivity index (χ0) is 20.9. The minimum atomic E-state index is -0.399. The maximum Gasteiger partial charge on any atom is 0.198 e. The first kappa shape index (κ1) is 24.1. The highest BCUT2D eigenvalue weighted by atomic mass is 35.5. The molecule has 0 amide bonds. The van der Waals surface area contributed by atoms with Gasteiger partial charge < -0.3 is 20.7 Å². The van der Waals surface area contributed by atoms with Crippen molar-refractivity contribution < 1.29 is 8.78 Å². The summed E-state index contributed by atoms with van der Waals surface area (Å²) in [6, 6.07) is 2.93. The van der Waals surface area contributed by atoms with E-state index in [2.05, 4.69) is 32.6 Å². The summed E-state index contributed by atoms with van der Waals surface area (Å²) < 4.78 is 30.0. The molecule has 0 radical (unpaired) electrons. The summed E-state index contributed by atoms with van der Waals surface area (Å²) in [5.41, 5.74) is 0.571. The molecule has 1 aromatic carbocycles. The lowest BCUT2D eigenvalue weighted by Crippen LogP contribution is -2.28. The number of hydrogen-bond donors (Lipinski definition) is 4. The molecule has 0 atom stereocenters. The van der Waals surface area contributed by atoms with E-state index in [1.165, 1.54) is 18.9 Å². The number of rotatable bonds is 15. The summed E-state index contributed by atoms with van der Waals surface area (Å²) in [6.45, 7) is 6.90. The minimum Gasteiger partial charge on any atom is -0.384 e. The zero-order valence-electron chi connectivity index (χ0n) is 16.5. The van der Waals surface area contributed by atoms with E-state index in [1.54, 1.807) is 6.07 Å². The standard InChI is InChI=1S/C19H28ClF2N5S2/c1-2-3-6-23-9-10-24-7-4-5-8-25-16-12-15(21)17(11-14(16)20)29-27-19-26-13-18(22)28-19/h11-13,23-25H,2-10H2,1H3,(H,26,27). The monoisotopic (exact) mass is 463 g/mol. The Bertz CT molecular complexity index is 733. The fourth-order valence-electron chi connectivity index (χ4n) is 2.47. The van der Waals surface area contributed by atoms with Crippen LogP contribution in [0.1, 0.15) is 32.6 Å². The van der Waals surface area contributed by atoms with Crippen LogP contribution in [-0.4, -0.2) is 37.7 Å². The van der Waals surface area contributed by atoms with Crippen LogP contribution < -0.4 is 20.7 Å². The lowest BCUT2D eigenvalue weighted by Gasteiger charge is -2.11. The Balaban J connectivity index is 1.62. The van der Waals surface area contributed by atoms with Gasteiger partial charge in [-0.05, 0) is 56.4 Å². The minimum absolute atomic E-state index is 0.327. The van der Waals surface area contributed by atoms with Gasteiger partial charge in [0, 0.05) is 19.6 Å². The fourth-order valence-corrected chi connectivity index (χ4v) is 4.03. The number of aromatic nitrogens is 1. The van der Waals surface area contributed by atoms with Gasteiger partial charge in [0.05, 0.1) is 21.8 Å². The van der Waals surface area contributed by atoms with Gasteiger partial charge in [-0.15, -0.1) is 0 Å². The number of anilines is 2. The third-order valence-corrected chi connectivity index (χ3v) is 6.00. The molecule has 0 saturated heterocycles. The van der Waals surface area contributed by atoms with Crippen LogP contribution in [0.25, 0.3) is 0 Å². The van der Waals surface area contributed by atoms with E-state index in [9.17, 15) is 8.78 Å². The molecule has 10 heteroatoms. The average Bonchev–Trinajstić information content (AvgIpc) is 3.12. The highest BCUT2D eigenvalue weighted by Gasteiger charge is 2.10. The first-order valence-electron chi connectivity index (χ1n) is 9.78. The molecule has 0 bridgehead atoms. The summed E-state index contributed by atoms with van der Waals surface area (Å²) >= 11 is 8.13. The Morgan fingerprint density at radius 1 is 1.03 bits per heavy atom. The molecule has 0 spiro atoms. The maximum atomic E-state index is 14.3. The van der Waals surface area contributed by atoms with Crippen molar-refractivity contribution in [2.45, 2.75) is 37.5 Å². The molecule has 0 saturated carbocycles. The first-order chi connectivity index (χ1) is 14.1. The summed E-state index contributed by atoms with van der Waals surface area (Å²) in [5, 5.41) is 10.4. The van der Waals surface area contributed by atoms with Crippen LogP contribution in [0.2, 0.25) is 5.02 Å². The predicted octanol–water partition coefficient (Wildman–Crippen LogP) is 5.37. The van der Waals surface area contributed by atoms with Gasteiger partial charge in [-0.25, -0.2) is 9.37 Å². The molecule has 0 fully saturated rings. The third kappa shape index (κ3) is 9.48. The zero-order valence-corrected chi connectivity index (χ0v) is 18.9. The van der Waals surface area contributed by atoms with Gasteiger partial charge in [-0.1, -0.05) is 36.3 Å². The molecule has 0 aliphatic carbocycles. The summed E-state index contributed by atoms with van der Waals surface area (Å²) in [6.07, 6.45) is 5.54. The predicted molar refractivity (Wildman–Crippen MR) is 121 cm³/mol. The quantitative estimate of drug-likeness (QED) is 0.210. The van der Waals surface area contributed by atoms with Crippen LogP contribution >= 0.6 is 34.9 Å². The van der Waals surface area contributed by atoms with Crippen LogP contribution in [0.3, 0.4) is 0 Å². The van der Waals surface area contributed by atoms with Crippen LogP contribution in [0.4, 0.5) is 19.6 Å². The molecule has 0 aliphatic rings. The topological polar surface area (TPSA) is 61.0 Å². The summed E-state index contributed by atoms with van der Waals surface area (Å²) in [4.78, 5) is 4.16. The van der Waals surface area contributed by atoms with Crippen molar-refractivity contribution in [2.24, 2.45) is 0 Å². The lowest BCUT2D eigenvalue weighted by atomic mass is 10.2. The van der Waals surface area contributed by atoms with E-state index in [0.717, 1.165) is 75.0 Å². The molecule has 0 aliphatic heterocycles. The van der Waals surface area contributed by atoms with E-state index in [-0.39, 0.29) is 0 Å². The van der Waals surface area contributed by atoms with Crippen molar-refractivity contribution in [3.8, 4) is 0 Å². The van der Waals surface area contributed by atoms with Gasteiger partial charge >= 0.3 is 0 Å². The molecule has 0 unspecified atom stereocenters. The van der Waals surface area contributed by atoms with Crippen LogP contribution in [0.15, 0.2) is 23.2 Å². The highest BCUT2D eigenvalue weighted by molar-refractivity contribution is 8.00. The molecule has 1 aromatic heterocycles. The highest BCUT2D eigenvalue weighted by Crippen LogP contribution is 2.32. The number of benzene rings is 1. The van der Waals surface area contributed by atoms with Gasteiger partial charge in [0.25, 0.3) is 0 Å². The second kappa shape index (κ2) is 14.0. The molecule has 1 heterocycles. The molecule has 2 aromatic rings. The Morgan fingerprint density at radius 3 is 2.45 bits per heavy atom. The lowest BCUT2D eigenvalue weighted by molar-refractivity contribution is 0.577. The van der Waals surface area contributed by atoms with Crippen molar-refractivity contribution >= 4 is 45.7 Å². The first-order valence-corrected chi connectivity index (χ1v) is 11.8. The smallest absolute Gasteiger partial charge is 0.198 e. The maximum absolute atomic E-state index is 14.3. The van der Waals surface area contributed by atoms with Gasteiger partial charge in [-0.3, -0.25) is 0 Å². The second-order valence-electron chi connectivity index (χ2n) is 6.42. The Labute approximate surface area is 184 Å². The summed E-state index contributed by atoms with van der Waals surface area (Å²) in [7, 11) is 0. The number of nitrogens with zero attached hydrogens (tertiary/aromatic N) is 1. The molecule has 2 rings (SSSR count). The molecule has 5 nitrogen and oxygen atoms in total. The van der Waals surface area contributed by atoms with Crippen LogP contribution in [0, 0.1) is 10.9 Å². The van der Waals surface area contributed by atoms with Crippen LogP contribution in [0.5, 0.6) is 0 Å². The van der Waals surface area contributed by atoms with E-state index in [1.807, 2.05) is 0 Å². The van der Waals surface area contributed by atoms with Crippen molar-refractivity contribution in [3.63, 3.8) is 0 Å². The molecule has 4 N–H and O–H groups in total. The van der Waals surface area contributed by atoms with Crippen molar-refractivity contribution in [1.29, 1.82) is 0 Å². The Hall–Kier alpha value is -1.13. The second-order valence-corrected chi connectivity index (χ2v) is 8.66. The van der Waals surface area contributed by atoms with Gasteiger partial charge in [-0.2, -0.15) is 4.39 Å². The Morgan fingerprint density at radius 2 is 1.76 bits per heavy atom. The SMILES string of the molecule is CCCCNCCNCCCCNc1cc(F)c(SNc2ncc(F)s2)cc1Cl. The molecule has 29 heavy (non-hydrogen) atoms. The average molecular weight is 464 g/mol. The molecular formula is C19H28ClF2N5S2. The van der Waals surface area contributed by atoms with E-state index < -0.39 is 10.9 Å². The van der Waals surface area contributed by atoms with Crippen molar-refractivity contribution in [1.82, 2.24) is 15.6 Å². The molecule has 162 valence electrons. The van der Waals surface area contributed by atoms with Crippen molar-refractivity contribution in [2.75, 3.05) is 42.8 Å². The Kier molecular flexibility index (Phi) is 11.6. The van der Waals surface area contributed by atoms with Gasteiger partial charge in [0.2, 0.25) is 0 Å². The number of halogens is 3. The van der Waals surface area contributed by atoms with E-state index in [4.69, 9.17) is 11.6 Å². The third-order valence-electron chi connectivity index (χ3n) is 4.03. The van der Waals surface area contributed by atoms with Gasteiger partial charge in [0.1, 0.15) is 5.82 Å². The normalized spacial score (nSPS) is 11.0. The van der Waals surface area contributed by atoms with Gasteiger partial charge in [0.15, 0.2) is 10.3 Å². The number of unbranched alkanes of at least 4 members (excludes halogenated alkanes) is 2. The largest absolute Gasteiger partial charge is 0.384 e. The van der Waals surface area contributed by atoms with E-state index >= 15 is 0 Å². The molecular weight excluding hydrogens is 436 g/mol. The number of nitrogens with one attached hydrogen (secondary N) is 4. The fraction of sp³-hybridized carbons (Fsp3) is 0.526. The van der Waals surface area contributed by atoms with Crippen LogP contribution in [-0.2, 0) is 0 Å².